The van der Waals surface area contributed by atoms with Crippen LogP contribution in [-0.2, 0) is 4.74 Å². The number of rotatable bonds is 9. The normalized spacial score (nSPS) is 21.5. The largest absolute Gasteiger partial charge is 0.385 e. The summed E-state index contributed by atoms with van der Waals surface area (Å²) in [5, 5.41) is 3.60. The summed E-state index contributed by atoms with van der Waals surface area (Å²) in [5.74, 6) is 1.60. The van der Waals surface area contributed by atoms with Crippen LogP contribution >= 0.6 is 0 Å². The molecule has 0 radical (unpaired) electrons. The fraction of sp³-hybridized carbons (Fsp3) is 1.00. The van der Waals surface area contributed by atoms with Crippen LogP contribution in [0.5, 0.6) is 0 Å². The molecule has 0 spiro atoms. The smallest absolute Gasteiger partial charge is 0.0467 e. The maximum Gasteiger partial charge on any atom is 0.0467 e. The van der Waals surface area contributed by atoms with Gasteiger partial charge in [-0.15, -0.1) is 0 Å². The van der Waals surface area contributed by atoms with Crippen molar-refractivity contribution in [3.63, 3.8) is 0 Å². The molecule has 3 nitrogen and oxygen atoms in total. The molecule has 1 heterocycles. The Morgan fingerprint density at radius 3 is 2.74 bits per heavy atom. The number of hydrogen-bond donors (Lipinski definition) is 1. The summed E-state index contributed by atoms with van der Waals surface area (Å²) >= 11 is 0. The third-order valence-electron chi connectivity index (χ3n) is 3.99. The van der Waals surface area contributed by atoms with E-state index >= 15 is 0 Å². The highest BCUT2D eigenvalue weighted by Gasteiger charge is 2.27. The van der Waals surface area contributed by atoms with Crippen molar-refractivity contribution in [2.24, 2.45) is 17.3 Å². The van der Waals surface area contributed by atoms with Gasteiger partial charge in [0, 0.05) is 26.8 Å². The topological polar surface area (TPSA) is 24.5 Å². The van der Waals surface area contributed by atoms with E-state index in [0.29, 0.717) is 5.41 Å². The highest BCUT2D eigenvalue weighted by molar-refractivity contribution is 4.82. The molecule has 0 bridgehead atoms. The summed E-state index contributed by atoms with van der Waals surface area (Å²) in [5.41, 5.74) is 0.371. The highest BCUT2D eigenvalue weighted by Crippen LogP contribution is 2.25. The van der Waals surface area contributed by atoms with Crippen LogP contribution in [0.3, 0.4) is 0 Å². The lowest BCUT2D eigenvalue weighted by molar-refractivity contribution is 0.124. The second-order valence-electron chi connectivity index (χ2n) is 7.35. The Bertz CT molecular complexity index is 241. The number of nitrogens with zero attached hydrogens (tertiary/aromatic N) is 1. The lowest BCUT2D eigenvalue weighted by Gasteiger charge is -2.30. The molecule has 1 atom stereocenters. The van der Waals surface area contributed by atoms with Crippen LogP contribution in [0, 0.1) is 17.3 Å². The van der Waals surface area contributed by atoms with Crippen molar-refractivity contribution >= 4 is 0 Å². The molecular formula is C16H34N2O. The SMILES string of the molecule is COCCC(C)(C)CN1CCC(CNCC(C)C)C1. The van der Waals surface area contributed by atoms with Gasteiger partial charge in [-0.2, -0.15) is 0 Å². The Morgan fingerprint density at radius 2 is 2.11 bits per heavy atom. The monoisotopic (exact) mass is 270 g/mol. The van der Waals surface area contributed by atoms with Gasteiger partial charge in [0.25, 0.3) is 0 Å². The zero-order valence-electron chi connectivity index (χ0n) is 13.7. The standard InChI is InChI=1S/C16H34N2O/c1-14(2)10-17-11-15-6-8-18(12-15)13-16(3,4)7-9-19-5/h14-15,17H,6-13H2,1-5H3. The predicted octanol–water partition coefficient (Wildman–Crippen LogP) is 2.62. The van der Waals surface area contributed by atoms with E-state index in [1.54, 1.807) is 7.11 Å². The van der Waals surface area contributed by atoms with Gasteiger partial charge >= 0.3 is 0 Å². The van der Waals surface area contributed by atoms with E-state index in [1.807, 2.05) is 0 Å². The summed E-state index contributed by atoms with van der Waals surface area (Å²) in [6.45, 7) is 16.2. The van der Waals surface area contributed by atoms with Gasteiger partial charge in [-0.05, 0) is 49.7 Å². The Hall–Kier alpha value is -0.120. The molecule has 0 aromatic rings. The summed E-state index contributed by atoms with van der Waals surface area (Å²) < 4.78 is 5.21. The predicted molar refractivity (Wildman–Crippen MR) is 82.5 cm³/mol. The maximum atomic E-state index is 5.21. The first-order valence-electron chi connectivity index (χ1n) is 7.85. The average Bonchev–Trinajstić information content (AvgIpc) is 2.73. The molecule has 1 aliphatic heterocycles. The third-order valence-corrected chi connectivity index (χ3v) is 3.99. The van der Waals surface area contributed by atoms with Gasteiger partial charge in [-0.3, -0.25) is 0 Å². The first-order valence-corrected chi connectivity index (χ1v) is 7.85. The maximum absolute atomic E-state index is 5.21. The Balaban J connectivity index is 2.20. The molecule has 1 saturated heterocycles. The number of nitrogens with one attached hydrogen (secondary N) is 1. The Labute approximate surface area is 120 Å². The zero-order valence-corrected chi connectivity index (χ0v) is 13.7. The molecule has 0 aromatic carbocycles. The van der Waals surface area contributed by atoms with E-state index in [9.17, 15) is 0 Å². The number of likely N-dealkylation sites (tertiary alicyclic amines) is 1. The molecule has 1 unspecified atom stereocenters. The molecule has 1 fully saturated rings. The average molecular weight is 270 g/mol. The van der Waals surface area contributed by atoms with Crippen LogP contribution in [0.2, 0.25) is 0 Å². The van der Waals surface area contributed by atoms with E-state index in [4.69, 9.17) is 4.74 Å². The number of hydrogen-bond acceptors (Lipinski definition) is 3. The van der Waals surface area contributed by atoms with Crippen LogP contribution < -0.4 is 5.32 Å². The first-order chi connectivity index (χ1) is 8.93. The Morgan fingerprint density at radius 1 is 1.37 bits per heavy atom. The zero-order chi connectivity index (χ0) is 14.3. The van der Waals surface area contributed by atoms with E-state index < -0.39 is 0 Å². The van der Waals surface area contributed by atoms with E-state index in [-0.39, 0.29) is 0 Å². The van der Waals surface area contributed by atoms with Gasteiger partial charge < -0.3 is 15.0 Å². The van der Waals surface area contributed by atoms with Crippen LogP contribution in [0.4, 0.5) is 0 Å². The van der Waals surface area contributed by atoms with Gasteiger partial charge in [0.2, 0.25) is 0 Å². The molecule has 0 aliphatic carbocycles. The fourth-order valence-corrected chi connectivity index (χ4v) is 2.86. The second-order valence-corrected chi connectivity index (χ2v) is 7.35. The summed E-state index contributed by atoms with van der Waals surface area (Å²) in [7, 11) is 1.79. The van der Waals surface area contributed by atoms with Gasteiger partial charge in [0.05, 0.1) is 0 Å². The van der Waals surface area contributed by atoms with Gasteiger partial charge in [-0.25, -0.2) is 0 Å². The van der Waals surface area contributed by atoms with Gasteiger partial charge in [-0.1, -0.05) is 27.7 Å². The summed E-state index contributed by atoms with van der Waals surface area (Å²) in [6, 6.07) is 0. The number of ether oxygens (including phenoxy) is 1. The highest BCUT2D eigenvalue weighted by atomic mass is 16.5. The first kappa shape index (κ1) is 16.9. The molecule has 1 aliphatic rings. The quantitative estimate of drug-likeness (QED) is 0.697. The lowest BCUT2D eigenvalue weighted by Crippen LogP contribution is -2.34. The summed E-state index contributed by atoms with van der Waals surface area (Å²) in [4.78, 5) is 2.64. The minimum absolute atomic E-state index is 0.371. The van der Waals surface area contributed by atoms with E-state index in [1.165, 1.54) is 32.6 Å². The fourth-order valence-electron chi connectivity index (χ4n) is 2.86. The molecule has 1 N–H and O–H groups in total. The molecule has 0 amide bonds. The van der Waals surface area contributed by atoms with Crippen LogP contribution in [0.25, 0.3) is 0 Å². The van der Waals surface area contributed by atoms with Crippen molar-refractivity contribution in [1.29, 1.82) is 0 Å². The molecule has 114 valence electrons. The third kappa shape index (κ3) is 7.28. The van der Waals surface area contributed by atoms with Crippen LogP contribution in [0.1, 0.15) is 40.5 Å². The minimum Gasteiger partial charge on any atom is -0.385 e. The molecule has 3 heteroatoms. The van der Waals surface area contributed by atoms with Crippen LogP contribution in [0.15, 0.2) is 0 Å². The van der Waals surface area contributed by atoms with Crippen LogP contribution in [-0.4, -0.2) is 51.3 Å². The lowest BCUT2D eigenvalue weighted by atomic mass is 9.89. The molecular weight excluding hydrogens is 236 g/mol. The molecule has 1 rings (SSSR count). The van der Waals surface area contributed by atoms with E-state index in [0.717, 1.165) is 31.4 Å². The second kappa shape index (κ2) is 8.23. The molecule has 0 saturated carbocycles. The van der Waals surface area contributed by atoms with E-state index in [2.05, 4.69) is 37.9 Å². The van der Waals surface area contributed by atoms with Crippen molar-refractivity contribution in [1.82, 2.24) is 10.2 Å². The van der Waals surface area contributed by atoms with Gasteiger partial charge in [0.15, 0.2) is 0 Å². The van der Waals surface area contributed by atoms with Crippen molar-refractivity contribution in [2.75, 3.05) is 46.4 Å². The summed E-state index contributed by atoms with van der Waals surface area (Å²) in [6.07, 6.45) is 2.50. The van der Waals surface area contributed by atoms with Crippen molar-refractivity contribution < 1.29 is 4.74 Å². The Kier molecular flexibility index (Phi) is 7.33. The van der Waals surface area contributed by atoms with Gasteiger partial charge in [0.1, 0.15) is 0 Å². The molecule has 19 heavy (non-hydrogen) atoms. The minimum atomic E-state index is 0.371. The van der Waals surface area contributed by atoms with Crippen molar-refractivity contribution in [3.8, 4) is 0 Å². The molecule has 0 aromatic heterocycles. The van der Waals surface area contributed by atoms with Crippen molar-refractivity contribution in [3.05, 3.63) is 0 Å². The number of methoxy groups -OCH3 is 1. The van der Waals surface area contributed by atoms with Crippen molar-refractivity contribution in [2.45, 2.75) is 40.5 Å².